The molecule has 0 bridgehead atoms. The first-order chi connectivity index (χ1) is 9.72. The Balaban J connectivity index is 1.68. The lowest BCUT2D eigenvalue weighted by molar-refractivity contribution is -0.125. The van der Waals surface area contributed by atoms with Gasteiger partial charge < -0.3 is 14.8 Å². The zero-order valence-electron chi connectivity index (χ0n) is 10.5. The highest BCUT2D eigenvalue weighted by Gasteiger charge is 2.27. The highest BCUT2D eigenvalue weighted by molar-refractivity contribution is 9.10. The molecule has 102 valence electrons. The van der Waals surface area contributed by atoms with Crippen molar-refractivity contribution in [1.82, 2.24) is 0 Å². The molecule has 1 atom stereocenters. The number of carbonyl (C=O) groups excluding carboxylic acids is 1. The van der Waals surface area contributed by atoms with Gasteiger partial charge >= 0.3 is 0 Å². The summed E-state index contributed by atoms with van der Waals surface area (Å²) in [5.74, 6) is 1.04. The number of ether oxygens (including phenoxy) is 2. The molecule has 0 radical (unpaired) electrons. The minimum atomic E-state index is -0.645. The Hall–Kier alpha value is -2.01. The van der Waals surface area contributed by atoms with Crippen LogP contribution in [0.4, 0.5) is 5.69 Å². The van der Waals surface area contributed by atoms with E-state index in [0.717, 1.165) is 10.2 Å². The van der Waals surface area contributed by atoms with Gasteiger partial charge in [-0.15, -0.1) is 0 Å². The standard InChI is InChI=1S/C15H12BrNO3/c16-10-5-7-11(8-6-10)17-15(18)14-9-19-12-3-1-2-4-13(12)20-14/h1-8,14H,9H2,(H,17,18). The summed E-state index contributed by atoms with van der Waals surface area (Å²) in [6.45, 7) is 0.208. The van der Waals surface area contributed by atoms with Crippen LogP contribution < -0.4 is 14.8 Å². The summed E-state index contributed by atoms with van der Waals surface area (Å²) in [6.07, 6.45) is -0.645. The van der Waals surface area contributed by atoms with E-state index in [0.29, 0.717) is 11.5 Å². The lowest BCUT2D eigenvalue weighted by Crippen LogP contribution is -2.40. The predicted octanol–water partition coefficient (Wildman–Crippen LogP) is 3.23. The highest BCUT2D eigenvalue weighted by Crippen LogP contribution is 2.31. The van der Waals surface area contributed by atoms with Crippen LogP contribution >= 0.6 is 15.9 Å². The van der Waals surface area contributed by atoms with Crippen LogP contribution in [-0.2, 0) is 4.79 Å². The summed E-state index contributed by atoms with van der Waals surface area (Å²) in [6, 6.07) is 14.7. The van der Waals surface area contributed by atoms with Crippen molar-refractivity contribution in [2.45, 2.75) is 6.10 Å². The van der Waals surface area contributed by atoms with Gasteiger partial charge in [0.2, 0.25) is 6.10 Å². The Morgan fingerprint density at radius 2 is 1.80 bits per heavy atom. The number of halogens is 1. The first-order valence-electron chi connectivity index (χ1n) is 6.17. The Bertz CT molecular complexity index is 627. The fourth-order valence-corrected chi connectivity index (χ4v) is 2.17. The number of amides is 1. The number of fused-ring (bicyclic) bond motifs is 1. The van der Waals surface area contributed by atoms with Crippen molar-refractivity contribution >= 4 is 27.5 Å². The van der Waals surface area contributed by atoms with E-state index in [1.54, 1.807) is 6.07 Å². The smallest absolute Gasteiger partial charge is 0.269 e. The second kappa shape index (κ2) is 5.54. The zero-order valence-corrected chi connectivity index (χ0v) is 12.1. The number of carbonyl (C=O) groups is 1. The molecule has 0 saturated heterocycles. The molecule has 0 fully saturated rings. The number of nitrogens with one attached hydrogen (secondary N) is 1. The van der Waals surface area contributed by atoms with Crippen molar-refractivity contribution in [1.29, 1.82) is 0 Å². The van der Waals surface area contributed by atoms with Crippen molar-refractivity contribution in [3.05, 3.63) is 53.0 Å². The Labute approximate surface area is 124 Å². The molecule has 3 rings (SSSR count). The molecule has 0 saturated carbocycles. The second-order valence-electron chi connectivity index (χ2n) is 4.36. The maximum Gasteiger partial charge on any atom is 0.269 e. The van der Waals surface area contributed by atoms with Crippen molar-refractivity contribution in [3.8, 4) is 11.5 Å². The minimum absolute atomic E-state index is 0.208. The summed E-state index contributed by atoms with van der Waals surface area (Å²) in [5, 5.41) is 2.80. The first kappa shape index (κ1) is 13.0. The Morgan fingerprint density at radius 1 is 1.10 bits per heavy atom. The van der Waals surface area contributed by atoms with Crippen LogP contribution in [0.15, 0.2) is 53.0 Å². The van der Waals surface area contributed by atoms with Crippen LogP contribution in [0.1, 0.15) is 0 Å². The summed E-state index contributed by atoms with van der Waals surface area (Å²) in [5.41, 5.74) is 0.723. The van der Waals surface area contributed by atoms with E-state index in [4.69, 9.17) is 9.47 Å². The second-order valence-corrected chi connectivity index (χ2v) is 5.28. The van der Waals surface area contributed by atoms with Crippen LogP contribution in [0.2, 0.25) is 0 Å². The van der Waals surface area contributed by atoms with E-state index >= 15 is 0 Å². The molecule has 1 N–H and O–H groups in total. The summed E-state index contributed by atoms with van der Waals surface area (Å²) in [7, 11) is 0. The first-order valence-corrected chi connectivity index (χ1v) is 6.96. The molecule has 1 unspecified atom stereocenters. The number of hydrogen-bond donors (Lipinski definition) is 1. The molecular formula is C15H12BrNO3. The average Bonchev–Trinajstić information content (AvgIpc) is 2.49. The van der Waals surface area contributed by atoms with Crippen molar-refractivity contribution in [2.24, 2.45) is 0 Å². The van der Waals surface area contributed by atoms with Crippen molar-refractivity contribution in [3.63, 3.8) is 0 Å². The number of rotatable bonds is 2. The van der Waals surface area contributed by atoms with Gasteiger partial charge in [0.1, 0.15) is 6.61 Å². The quantitative estimate of drug-likeness (QED) is 0.917. The largest absolute Gasteiger partial charge is 0.485 e. The third-order valence-electron chi connectivity index (χ3n) is 2.91. The van der Waals surface area contributed by atoms with E-state index < -0.39 is 6.10 Å². The SMILES string of the molecule is O=C(Nc1ccc(Br)cc1)C1COc2ccccc2O1. The van der Waals surface area contributed by atoms with Gasteiger partial charge in [0.15, 0.2) is 11.5 Å². The van der Waals surface area contributed by atoms with E-state index in [1.807, 2.05) is 42.5 Å². The van der Waals surface area contributed by atoms with Crippen LogP contribution in [0.5, 0.6) is 11.5 Å². The Morgan fingerprint density at radius 3 is 2.55 bits per heavy atom. The molecule has 4 nitrogen and oxygen atoms in total. The molecule has 0 spiro atoms. The fourth-order valence-electron chi connectivity index (χ4n) is 1.90. The molecule has 0 aliphatic carbocycles. The van der Waals surface area contributed by atoms with E-state index in [2.05, 4.69) is 21.2 Å². The minimum Gasteiger partial charge on any atom is -0.485 e. The van der Waals surface area contributed by atoms with E-state index in [-0.39, 0.29) is 12.5 Å². The van der Waals surface area contributed by atoms with Gasteiger partial charge in [-0.05, 0) is 36.4 Å². The number of hydrogen-bond acceptors (Lipinski definition) is 3. The third-order valence-corrected chi connectivity index (χ3v) is 3.44. The molecule has 20 heavy (non-hydrogen) atoms. The molecule has 1 aliphatic rings. The lowest BCUT2D eigenvalue weighted by atomic mass is 10.2. The third kappa shape index (κ3) is 2.77. The van der Waals surface area contributed by atoms with Gasteiger partial charge in [0.25, 0.3) is 5.91 Å². The van der Waals surface area contributed by atoms with Crippen LogP contribution in [0.3, 0.4) is 0 Å². The highest BCUT2D eigenvalue weighted by atomic mass is 79.9. The number of benzene rings is 2. The monoisotopic (exact) mass is 333 g/mol. The topological polar surface area (TPSA) is 47.6 Å². The summed E-state index contributed by atoms with van der Waals surface area (Å²) >= 11 is 3.35. The maximum atomic E-state index is 12.1. The molecule has 2 aromatic rings. The molecule has 1 aliphatic heterocycles. The molecular weight excluding hydrogens is 322 g/mol. The van der Waals surface area contributed by atoms with Gasteiger partial charge in [0, 0.05) is 10.2 Å². The van der Waals surface area contributed by atoms with Crippen molar-refractivity contribution < 1.29 is 14.3 Å². The van der Waals surface area contributed by atoms with Gasteiger partial charge in [-0.1, -0.05) is 28.1 Å². The average molecular weight is 334 g/mol. The van der Waals surface area contributed by atoms with Gasteiger partial charge in [0.05, 0.1) is 0 Å². The number of anilines is 1. The summed E-state index contributed by atoms with van der Waals surface area (Å²) < 4.78 is 12.1. The van der Waals surface area contributed by atoms with Crippen LogP contribution in [-0.4, -0.2) is 18.6 Å². The Kier molecular flexibility index (Phi) is 3.60. The normalized spacial score (nSPS) is 16.6. The summed E-state index contributed by atoms with van der Waals surface area (Å²) in [4.78, 5) is 12.1. The molecule has 1 amide bonds. The maximum absolute atomic E-state index is 12.1. The van der Waals surface area contributed by atoms with Gasteiger partial charge in [-0.25, -0.2) is 0 Å². The van der Waals surface area contributed by atoms with Gasteiger partial charge in [-0.2, -0.15) is 0 Å². The van der Waals surface area contributed by atoms with E-state index in [1.165, 1.54) is 0 Å². The lowest BCUT2D eigenvalue weighted by Gasteiger charge is -2.25. The van der Waals surface area contributed by atoms with E-state index in [9.17, 15) is 4.79 Å². The molecule has 0 aromatic heterocycles. The predicted molar refractivity (Wildman–Crippen MR) is 79.1 cm³/mol. The molecule has 2 aromatic carbocycles. The number of para-hydroxylation sites is 2. The zero-order chi connectivity index (χ0) is 13.9. The molecule has 5 heteroatoms. The fraction of sp³-hybridized carbons (Fsp3) is 0.133. The van der Waals surface area contributed by atoms with Crippen LogP contribution in [0, 0.1) is 0 Å². The van der Waals surface area contributed by atoms with Gasteiger partial charge in [-0.3, -0.25) is 4.79 Å². The van der Waals surface area contributed by atoms with Crippen LogP contribution in [0.25, 0.3) is 0 Å². The van der Waals surface area contributed by atoms with Crippen molar-refractivity contribution in [2.75, 3.05) is 11.9 Å². The molecule has 1 heterocycles.